The molecule has 8 nitrogen and oxygen atoms in total. The van der Waals surface area contributed by atoms with E-state index in [4.69, 9.17) is 4.74 Å². The third kappa shape index (κ3) is 3.39. The average Bonchev–Trinajstić information content (AvgIpc) is 3.16. The predicted molar refractivity (Wildman–Crippen MR) is 73.0 cm³/mol. The van der Waals surface area contributed by atoms with Gasteiger partial charge in [0, 0.05) is 19.2 Å². The SMILES string of the molecule is CCOC(=O)CN(C)C(=O)c1cc([N+](=O)[O-])cn1C1CC1. The summed E-state index contributed by atoms with van der Waals surface area (Å²) in [6, 6.07) is 1.39. The number of carbonyl (C=O) groups excluding carboxylic acids is 2. The quantitative estimate of drug-likeness (QED) is 0.448. The fraction of sp³-hybridized carbons (Fsp3) is 0.538. The van der Waals surface area contributed by atoms with Crippen LogP contribution >= 0.6 is 0 Å². The average molecular weight is 295 g/mol. The number of nitrogens with zero attached hydrogens (tertiary/aromatic N) is 3. The maximum atomic E-state index is 12.3. The second-order valence-corrected chi connectivity index (χ2v) is 4.95. The van der Waals surface area contributed by atoms with Gasteiger partial charge in [-0.2, -0.15) is 0 Å². The predicted octanol–water partition coefficient (Wildman–Crippen LogP) is 1.37. The van der Waals surface area contributed by atoms with Crippen molar-refractivity contribution in [3.05, 3.63) is 28.1 Å². The van der Waals surface area contributed by atoms with Crippen LogP contribution in [0.15, 0.2) is 12.3 Å². The Hall–Kier alpha value is -2.38. The molecular formula is C13H17N3O5. The standard InChI is InChI=1S/C13H17N3O5/c1-3-21-12(17)8-14(2)13(18)11-6-10(16(19)20)7-15(11)9-4-5-9/h6-7,9H,3-5,8H2,1-2H3. The highest BCUT2D eigenvalue weighted by Gasteiger charge is 2.31. The Morgan fingerprint density at radius 3 is 2.71 bits per heavy atom. The molecule has 1 aliphatic rings. The second kappa shape index (κ2) is 5.94. The second-order valence-electron chi connectivity index (χ2n) is 4.95. The van der Waals surface area contributed by atoms with Crippen molar-refractivity contribution in [1.29, 1.82) is 0 Å². The molecule has 0 saturated heterocycles. The zero-order valence-electron chi connectivity index (χ0n) is 11.9. The van der Waals surface area contributed by atoms with Crippen molar-refractivity contribution >= 4 is 17.6 Å². The molecule has 0 spiro atoms. The fourth-order valence-corrected chi connectivity index (χ4v) is 2.06. The molecule has 0 aliphatic heterocycles. The molecule has 0 atom stereocenters. The minimum absolute atomic E-state index is 0.116. The third-order valence-corrected chi connectivity index (χ3v) is 3.22. The third-order valence-electron chi connectivity index (χ3n) is 3.22. The maximum absolute atomic E-state index is 12.3. The number of nitro groups is 1. The van der Waals surface area contributed by atoms with Crippen LogP contribution in [-0.2, 0) is 9.53 Å². The smallest absolute Gasteiger partial charge is 0.325 e. The van der Waals surface area contributed by atoms with Crippen molar-refractivity contribution in [3.8, 4) is 0 Å². The van der Waals surface area contributed by atoms with Gasteiger partial charge in [-0.15, -0.1) is 0 Å². The zero-order chi connectivity index (χ0) is 15.6. The summed E-state index contributed by atoms with van der Waals surface area (Å²) in [4.78, 5) is 35.3. The molecule has 1 fully saturated rings. The summed E-state index contributed by atoms with van der Waals surface area (Å²) in [7, 11) is 1.47. The number of hydrogen-bond donors (Lipinski definition) is 0. The molecule has 1 aliphatic carbocycles. The molecule has 1 saturated carbocycles. The Labute approximate surface area is 121 Å². The highest BCUT2D eigenvalue weighted by atomic mass is 16.6. The van der Waals surface area contributed by atoms with Crippen molar-refractivity contribution in [3.63, 3.8) is 0 Å². The highest BCUT2D eigenvalue weighted by molar-refractivity contribution is 5.95. The molecular weight excluding hydrogens is 278 g/mol. The lowest BCUT2D eigenvalue weighted by Gasteiger charge is -2.17. The van der Waals surface area contributed by atoms with E-state index in [-0.39, 0.29) is 30.6 Å². The van der Waals surface area contributed by atoms with Crippen molar-refractivity contribution in [1.82, 2.24) is 9.47 Å². The van der Waals surface area contributed by atoms with Gasteiger partial charge < -0.3 is 14.2 Å². The number of ether oxygens (including phenoxy) is 1. The Balaban J connectivity index is 2.17. The van der Waals surface area contributed by atoms with Crippen LogP contribution in [-0.4, -0.2) is 46.5 Å². The van der Waals surface area contributed by atoms with E-state index in [0.29, 0.717) is 0 Å². The lowest BCUT2D eigenvalue weighted by molar-refractivity contribution is -0.384. The Bertz CT molecular complexity index is 576. The van der Waals surface area contributed by atoms with Gasteiger partial charge >= 0.3 is 5.97 Å². The first-order valence-corrected chi connectivity index (χ1v) is 6.71. The van der Waals surface area contributed by atoms with Crippen LogP contribution in [0.1, 0.15) is 36.3 Å². The Kier molecular flexibility index (Phi) is 4.25. The minimum atomic E-state index is -0.527. The van der Waals surface area contributed by atoms with Gasteiger partial charge in [-0.05, 0) is 19.8 Å². The van der Waals surface area contributed by atoms with Crippen LogP contribution in [0.4, 0.5) is 5.69 Å². The van der Waals surface area contributed by atoms with Crippen molar-refractivity contribution in [2.75, 3.05) is 20.2 Å². The van der Waals surface area contributed by atoms with E-state index in [0.717, 1.165) is 12.8 Å². The van der Waals surface area contributed by atoms with Gasteiger partial charge in [-0.3, -0.25) is 19.7 Å². The molecule has 8 heteroatoms. The van der Waals surface area contributed by atoms with Gasteiger partial charge in [-0.25, -0.2) is 0 Å². The first kappa shape index (κ1) is 15.0. The van der Waals surface area contributed by atoms with Gasteiger partial charge in [0.25, 0.3) is 11.6 Å². The van der Waals surface area contributed by atoms with Gasteiger partial charge in [-0.1, -0.05) is 0 Å². The van der Waals surface area contributed by atoms with E-state index in [1.807, 2.05) is 0 Å². The number of amides is 1. The minimum Gasteiger partial charge on any atom is -0.465 e. The number of esters is 1. The molecule has 1 aromatic rings. The molecule has 1 amide bonds. The van der Waals surface area contributed by atoms with E-state index in [2.05, 4.69) is 0 Å². The van der Waals surface area contributed by atoms with Crippen molar-refractivity contribution in [2.24, 2.45) is 0 Å². The summed E-state index contributed by atoms with van der Waals surface area (Å²) in [5, 5.41) is 10.9. The van der Waals surface area contributed by atoms with Crippen molar-refractivity contribution in [2.45, 2.75) is 25.8 Å². The lowest BCUT2D eigenvalue weighted by atomic mass is 10.3. The number of carbonyl (C=O) groups is 2. The van der Waals surface area contributed by atoms with E-state index >= 15 is 0 Å². The zero-order valence-corrected chi connectivity index (χ0v) is 11.9. The van der Waals surface area contributed by atoms with Gasteiger partial charge in [0.2, 0.25) is 0 Å². The van der Waals surface area contributed by atoms with E-state index in [9.17, 15) is 19.7 Å². The molecule has 0 N–H and O–H groups in total. The molecule has 0 radical (unpaired) electrons. The van der Waals surface area contributed by atoms with E-state index in [1.165, 1.54) is 24.2 Å². The normalized spacial score (nSPS) is 13.8. The topological polar surface area (TPSA) is 94.7 Å². The maximum Gasteiger partial charge on any atom is 0.325 e. The van der Waals surface area contributed by atoms with Crippen LogP contribution in [0.2, 0.25) is 0 Å². The number of hydrogen-bond acceptors (Lipinski definition) is 5. The highest BCUT2D eigenvalue weighted by Crippen LogP contribution is 2.38. The van der Waals surface area contributed by atoms with E-state index < -0.39 is 16.8 Å². The first-order valence-electron chi connectivity index (χ1n) is 6.71. The van der Waals surface area contributed by atoms with Gasteiger partial charge in [0.05, 0.1) is 17.7 Å². The molecule has 0 aromatic carbocycles. The van der Waals surface area contributed by atoms with Crippen LogP contribution in [0.25, 0.3) is 0 Å². The Morgan fingerprint density at radius 2 is 2.19 bits per heavy atom. The summed E-state index contributed by atoms with van der Waals surface area (Å²) in [5.74, 6) is -0.935. The molecule has 0 bridgehead atoms. The summed E-state index contributed by atoms with van der Waals surface area (Å²) in [6.45, 7) is 1.74. The first-order chi connectivity index (χ1) is 9.93. The number of aromatic nitrogens is 1. The van der Waals surface area contributed by atoms with Gasteiger partial charge in [0.1, 0.15) is 12.2 Å². The number of rotatable bonds is 6. The fourth-order valence-electron chi connectivity index (χ4n) is 2.06. The van der Waals surface area contributed by atoms with Crippen molar-refractivity contribution < 1.29 is 19.2 Å². The molecule has 2 rings (SSSR count). The van der Waals surface area contributed by atoms with E-state index in [1.54, 1.807) is 11.5 Å². The molecule has 114 valence electrons. The number of likely N-dealkylation sites (N-methyl/N-ethyl adjacent to an activating group) is 1. The van der Waals surface area contributed by atoms with Crippen LogP contribution in [0.5, 0.6) is 0 Å². The van der Waals surface area contributed by atoms with Crippen LogP contribution in [0, 0.1) is 10.1 Å². The monoisotopic (exact) mass is 295 g/mol. The largest absolute Gasteiger partial charge is 0.465 e. The van der Waals surface area contributed by atoms with Crippen LogP contribution < -0.4 is 0 Å². The molecule has 1 aromatic heterocycles. The summed E-state index contributed by atoms with van der Waals surface area (Å²) < 4.78 is 6.41. The van der Waals surface area contributed by atoms with Crippen LogP contribution in [0.3, 0.4) is 0 Å². The Morgan fingerprint density at radius 1 is 1.52 bits per heavy atom. The summed E-state index contributed by atoms with van der Waals surface area (Å²) in [5.41, 5.74) is 0.116. The van der Waals surface area contributed by atoms with Gasteiger partial charge in [0.15, 0.2) is 0 Å². The molecule has 1 heterocycles. The summed E-state index contributed by atoms with van der Waals surface area (Å²) in [6.07, 6.45) is 3.17. The molecule has 21 heavy (non-hydrogen) atoms. The lowest BCUT2D eigenvalue weighted by Crippen LogP contribution is -2.34. The molecule has 0 unspecified atom stereocenters. The summed E-state index contributed by atoms with van der Waals surface area (Å²) >= 11 is 0.